The number of halogens is 5. The number of hydrogen-bond acceptors (Lipinski definition) is 8. The Labute approximate surface area is 202 Å². The van der Waals surface area contributed by atoms with E-state index in [2.05, 4.69) is 10.3 Å². The van der Waals surface area contributed by atoms with Crippen molar-refractivity contribution in [3.63, 3.8) is 0 Å². The lowest BCUT2D eigenvalue weighted by atomic mass is 9.88. The SMILES string of the molecule is CCOC(=O)c1cc(C(F)(F)C(F)(F)F)sc1CNc1ncc(C(C)(C)C#N)cc1S(=O)(=O)CC. The summed E-state index contributed by atoms with van der Waals surface area (Å²) in [6, 6.07) is 3.70. The molecule has 7 nitrogen and oxygen atoms in total. The van der Waals surface area contributed by atoms with Gasteiger partial charge in [0.2, 0.25) is 0 Å². The summed E-state index contributed by atoms with van der Waals surface area (Å²) in [6.45, 7) is 5.28. The van der Waals surface area contributed by atoms with Crippen molar-refractivity contribution in [1.29, 1.82) is 5.26 Å². The quantitative estimate of drug-likeness (QED) is 0.345. The van der Waals surface area contributed by atoms with Crippen molar-refractivity contribution in [3.05, 3.63) is 39.2 Å². The van der Waals surface area contributed by atoms with Crippen LogP contribution in [-0.2, 0) is 32.5 Å². The van der Waals surface area contributed by atoms with Crippen LogP contribution >= 0.6 is 11.3 Å². The van der Waals surface area contributed by atoms with Crippen LogP contribution in [0.15, 0.2) is 23.2 Å². The first kappa shape index (κ1) is 28.4. The minimum Gasteiger partial charge on any atom is -0.462 e. The molecule has 192 valence electrons. The molecule has 2 aromatic heterocycles. The van der Waals surface area contributed by atoms with Gasteiger partial charge in [-0.3, -0.25) is 0 Å². The van der Waals surface area contributed by atoms with Crippen LogP contribution in [0, 0.1) is 11.3 Å². The lowest BCUT2D eigenvalue weighted by Crippen LogP contribution is -2.32. The molecular weight excluding hydrogens is 517 g/mol. The van der Waals surface area contributed by atoms with Gasteiger partial charge in [0.05, 0.1) is 40.8 Å². The number of sulfone groups is 1. The molecule has 1 N–H and O–H groups in total. The molecular formula is C21H22F5N3O4S2. The molecule has 2 aromatic rings. The first-order valence-electron chi connectivity index (χ1n) is 10.1. The monoisotopic (exact) mass is 539 g/mol. The van der Waals surface area contributed by atoms with E-state index in [1.807, 2.05) is 6.07 Å². The normalized spacial score (nSPS) is 12.8. The average Bonchev–Trinajstić information content (AvgIpc) is 3.22. The number of carbonyl (C=O) groups is 1. The summed E-state index contributed by atoms with van der Waals surface area (Å²) in [5, 5.41) is 12.0. The maximum absolute atomic E-state index is 13.9. The van der Waals surface area contributed by atoms with E-state index in [-0.39, 0.29) is 39.3 Å². The largest absolute Gasteiger partial charge is 0.462 e. The molecule has 14 heteroatoms. The number of ether oxygens (including phenoxy) is 1. The molecule has 2 heterocycles. The van der Waals surface area contributed by atoms with E-state index >= 15 is 0 Å². The Morgan fingerprint density at radius 2 is 1.83 bits per heavy atom. The molecule has 0 aliphatic rings. The number of nitrogens with one attached hydrogen (secondary N) is 1. The van der Waals surface area contributed by atoms with Gasteiger partial charge in [-0.15, -0.1) is 11.3 Å². The van der Waals surface area contributed by atoms with Gasteiger partial charge in [0.1, 0.15) is 10.7 Å². The highest BCUT2D eigenvalue weighted by Gasteiger charge is 2.60. The highest BCUT2D eigenvalue weighted by atomic mass is 32.2. The highest BCUT2D eigenvalue weighted by Crippen LogP contribution is 2.47. The molecule has 0 fully saturated rings. The minimum absolute atomic E-state index is 0.0433. The molecule has 0 atom stereocenters. The van der Waals surface area contributed by atoms with Crippen molar-refractivity contribution < 1.29 is 39.9 Å². The molecule has 0 aliphatic heterocycles. The maximum Gasteiger partial charge on any atom is 0.458 e. The van der Waals surface area contributed by atoms with Gasteiger partial charge in [0.15, 0.2) is 9.84 Å². The van der Waals surface area contributed by atoms with Gasteiger partial charge in [-0.05, 0) is 38.5 Å². The molecule has 0 spiro atoms. The zero-order valence-electron chi connectivity index (χ0n) is 19.1. The predicted molar refractivity (Wildman–Crippen MR) is 118 cm³/mol. The fourth-order valence-corrected chi connectivity index (χ4v) is 4.90. The number of anilines is 1. The summed E-state index contributed by atoms with van der Waals surface area (Å²) in [4.78, 5) is 14.3. The van der Waals surface area contributed by atoms with Crippen molar-refractivity contribution in [1.82, 2.24) is 4.98 Å². The molecule has 0 bridgehead atoms. The van der Waals surface area contributed by atoms with E-state index in [0.29, 0.717) is 11.6 Å². The lowest BCUT2D eigenvalue weighted by Gasteiger charge is -2.18. The number of thiophene rings is 1. The Morgan fingerprint density at radius 1 is 1.20 bits per heavy atom. The Hall–Kier alpha value is -2.79. The van der Waals surface area contributed by atoms with Crippen molar-refractivity contribution in [2.45, 2.75) is 56.6 Å². The van der Waals surface area contributed by atoms with Crippen LogP contribution in [0.25, 0.3) is 0 Å². The number of nitrogens with zero attached hydrogens (tertiary/aromatic N) is 2. The highest BCUT2D eigenvalue weighted by molar-refractivity contribution is 7.91. The summed E-state index contributed by atoms with van der Waals surface area (Å²) < 4.78 is 96.5. The van der Waals surface area contributed by atoms with E-state index in [1.165, 1.54) is 26.1 Å². The summed E-state index contributed by atoms with van der Waals surface area (Å²) in [7, 11) is -3.89. The van der Waals surface area contributed by atoms with Gasteiger partial charge in [-0.2, -0.15) is 27.2 Å². The van der Waals surface area contributed by atoms with E-state index in [9.17, 15) is 40.4 Å². The maximum atomic E-state index is 13.9. The third-order valence-electron chi connectivity index (χ3n) is 4.96. The van der Waals surface area contributed by atoms with Crippen LogP contribution in [-0.4, -0.2) is 37.9 Å². The summed E-state index contributed by atoms with van der Waals surface area (Å²) >= 11 is 0.0433. The van der Waals surface area contributed by atoms with Gasteiger partial charge in [-0.25, -0.2) is 18.2 Å². The second-order valence-electron chi connectivity index (χ2n) is 7.80. The molecule has 0 amide bonds. The standard InChI is InChI=1S/C21H22F5N3O4S2/c1-5-33-18(30)13-8-16(20(22,23)21(24,25)26)34-14(13)10-29-17-15(35(31,32)6-2)7-12(9-28-17)19(3,4)11-27/h7-9H,5-6,10H2,1-4H3,(H,28,29). The van der Waals surface area contributed by atoms with Crippen molar-refractivity contribution in [2.75, 3.05) is 17.7 Å². The van der Waals surface area contributed by atoms with Crippen LogP contribution in [0.1, 0.15) is 53.4 Å². The fraction of sp³-hybridized carbons (Fsp3) is 0.476. The number of esters is 1. The summed E-state index contributed by atoms with van der Waals surface area (Å²) in [6.07, 6.45) is -4.63. The number of hydrogen-bond donors (Lipinski definition) is 1. The number of pyridine rings is 1. The minimum atomic E-state index is -5.89. The molecule has 0 aromatic carbocycles. The second kappa shape index (κ2) is 10.1. The van der Waals surface area contributed by atoms with Crippen LogP contribution in [0.4, 0.5) is 27.8 Å². The zero-order valence-corrected chi connectivity index (χ0v) is 20.7. The van der Waals surface area contributed by atoms with Crippen LogP contribution in [0.3, 0.4) is 0 Å². The van der Waals surface area contributed by atoms with E-state index in [0.717, 1.165) is 0 Å². The number of carbonyl (C=O) groups excluding carboxylic acids is 1. The number of nitriles is 1. The van der Waals surface area contributed by atoms with Crippen molar-refractivity contribution in [3.8, 4) is 6.07 Å². The van der Waals surface area contributed by atoms with Crippen molar-refractivity contribution in [2.24, 2.45) is 0 Å². The van der Waals surface area contributed by atoms with E-state index in [1.54, 1.807) is 13.8 Å². The fourth-order valence-electron chi connectivity index (χ4n) is 2.78. The Balaban J connectivity index is 2.55. The first-order chi connectivity index (χ1) is 16.0. The van der Waals surface area contributed by atoms with Crippen LogP contribution in [0.2, 0.25) is 0 Å². The molecule has 0 unspecified atom stereocenters. The zero-order chi connectivity index (χ0) is 26.8. The topological polar surface area (TPSA) is 109 Å². The van der Waals surface area contributed by atoms with Gasteiger partial charge >= 0.3 is 18.1 Å². The van der Waals surface area contributed by atoms with Gasteiger partial charge < -0.3 is 10.1 Å². The Kier molecular flexibility index (Phi) is 8.18. The Morgan fingerprint density at radius 3 is 2.34 bits per heavy atom. The average molecular weight is 540 g/mol. The molecule has 35 heavy (non-hydrogen) atoms. The second-order valence-corrected chi connectivity index (χ2v) is 11.2. The van der Waals surface area contributed by atoms with Crippen LogP contribution in [0.5, 0.6) is 0 Å². The van der Waals surface area contributed by atoms with Gasteiger partial charge in [0.25, 0.3) is 0 Å². The van der Waals surface area contributed by atoms with Crippen LogP contribution < -0.4 is 5.32 Å². The molecule has 0 saturated heterocycles. The molecule has 2 rings (SSSR count). The first-order valence-corrected chi connectivity index (χ1v) is 12.6. The summed E-state index contributed by atoms with van der Waals surface area (Å²) in [5.41, 5.74) is -1.29. The predicted octanol–water partition coefficient (Wildman–Crippen LogP) is 5.18. The smallest absolute Gasteiger partial charge is 0.458 e. The number of aromatic nitrogens is 1. The van der Waals surface area contributed by atoms with E-state index < -0.39 is 50.3 Å². The lowest BCUT2D eigenvalue weighted by molar-refractivity contribution is -0.287. The Bertz CT molecular complexity index is 1250. The third kappa shape index (κ3) is 5.90. The number of alkyl halides is 5. The molecule has 0 radical (unpaired) electrons. The summed E-state index contributed by atoms with van der Waals surface area (Å²) in [5.74, 6) is -6.85. The number of rotatable bonds is 9. The van der Waals surface area contributed by atoms with E-state index in [4.69, 9.17) is 4.74 Å². The van der Waals surface area contributed by atoms with Gasteiger partial charge in [0, 0.05) is 11.1 Å². The third-order valence-corrected chi connectivity index (χ3v) is 7.90. The van der Waals surface area contributed by atoms with Crippen molar-refractivity contribution >= 4 is 33.0 Å². The van der Waals surface area contributed by atoms with Gasteiger partial charge in [-0.1, -0.05) is 6.92 Å². The molecule has 0 aliphatic carbocycles. The molecule has 0 saturated carbocycles.